The van der Waals surface area contributed by atoms with Crippen LogP contribution in [0.5, 0.6) is 0 Å². The Kier molecular flexibility index (Phi) is 4.57. The van der Waals surface area contributed by atoms with Crippen LogP contribution >= 0.6 is 0 Å². The second-order valence-electron chi connectivity index (χ2n) is 3.18. The summed E-state index contributed by atoms with van der Waals surface area (Å²) in [5, 5.41) is 3.06. The van der Waals surface area contributed by atoms with E-state index in [1.165, 1.54) is 0 Å². The number of hydrogen-bond acceptors (Lipinski definition) is 3. The molecule has 3 nitrogen and oxygen atoms in total. The first-order valence-electron chi connectivity index (χ1n) is 4.91. The Morgan fingerprint density at radius 3 is 2.87 bits per heavy atom. The Bertz CT molecular complexity index is 310. The Morgan fingerprint density at radius 2 is 2.33 bits per heavy atom. The molecular weight excluding hydrogens is 186 g/mol. The van der Waals surface area contributed by atoms with Gasteiger partial charge in [0, 0.05) is 11.9 Å². The summed E-state index contributed by atoms with van der Waals surface area (Å²) in [6.45, 7) is 5.64. The van der Waals surface area contributed by atoms with Gasteiger partial charge in [0.25, 0.3) is 0 Å². The highest BCUT2D eigenvalue weighted by Gasteiger charge is 2.05. The Morgan fingerprint density at radius 1 is 1.53 bits per heavy atom. The molecule has 0 spiro atoms. The molecule has 3 heteroatoms. The summed E-state index contributed by atoms with van der Waals surface area (Å²) in [6.07, 6.45) is 13.5. The highest BCUT2D eigenvalue weighted by atomic mass is 15.2. The minimum atomic E-state index is 0.0952. The van der Waals surface area contributed by atoms with Gasteiger partial charge in [-0.25, -0.2) is 0 Å². The molecule has 0 aromatic heterocycles. The largest absolute Gasteiger partial charge is 0.312 e. The highest BCUT2D eigenvalue weighted by Crippen LogP contribution is 2.07. The van der Waals surface area contributed by atoms with E-state index in [9.17, 15) is 0 Å². The van der Waals surface area contributed by atoms with Gasteiger partial charge in [-0.05, 0) is 26.1 Å². The summed E-state index contributed by atoms with van der Waals surface area (Å²) in [6, 6.07) is 0. The summed E-state index contributed by atoms with van der Waals surface area (Å²) in [7, 11) is 1.89. The summed E-state index contributed by atoms with van der Waals surface area (Å²) in [4.78, 5) is 6.27. The van der Waals surface area contributed by atoms with Crippen molar-refractivity contribution in [2.75, 3.05) is 7.05 Å². The van der Waals surface area contributed by atoms with Crippen LogP contribution in [0.4, 0.5) is 0 Å². The molecule has 0 bridgehead atoms. The summed E-state index contributed by atoms with van der Waals surface area (Å²) < 4.78 is 0. The van der Waals surface area contributed by atoms with Gasteiger partial charge in [-0.2, -0.15) is 0 Å². The minimum absolute atomic E-state index is 0.0952. The summed E-state index contributed by atoms with van der Waals surface area (Å²) in [5.74, 6) is 0. The van der Waals surface area contributed by atoms with E-state index in [1.54, 1.807) is 6.08 Å². The molecule has 0 aliphatic carbocycles. The summed E-state index contributed by atoms with van der Waals surface area (Å²) >= 11 is 0. The molecule has 0 saturated carbocycles. The molecule has 0 radical (unpaired) electrons. The van der Waals surface area contributed by atoms with Gasteiger partial charge in [-0.15, -0.1) is 0 Å². The lowest BCUT2D eigenvalue weighted by Crippen LogP contribution is -2.27. The van der Waals surface area contributed by atoms with E-state index in [2.05, 4.69) is 16.9 Å². The van der Waals surface area contributed by atoms with Crippen molar-refractivity contribution >= 4 is 6.34 Å². The fourth-order valence-corrected chi connectivity index (χ4v) is 1.14. The van der Waals surface area contributed by atoms with Gasteiger partial charge in [0.15, 0.2) is 0 Å². The average Bonchev–Trinajstić information content (AvgIpc) is 2.29. The molecule has 15 heavy (non-hydrogen) atoms. The predicted octanol–water partition coefficient (Wildman–Crippen LogP) is 2.04. The van der Waals surface area contributed by atoms with Crippen molar-refractivity contribution in [3.8, 4) is 0 Å². The quantitative estimate of drug-likeness (QED) is 0.708. The number of nitrogens with zero attached hydrogens (tertiary/aromatic N) is 2. The van der Waals surface area contributed by atoms with Crippen LogP contribution in [0.25, 0.3) is 0 Å². The lowest BCUT2D eigenvalue weighted by molar-refractivity contribution is 0.620. The van der Waals surface area contributed by atoms with E-state index in [1.807, 2.05) is 55.7 Å². The predicted molar refractivity (Wildman–Crippen MR) is 65.4 cm³/mol. The van der Waals surface area contributed by atoms with Gasteiger partial charge in [-0.1, -0.05) is 24.8 Å². The second kappa shape index (κ2) is 5.98. The van der Waals surface area contributed by atoms with Crippen LogP contribution in [-0.2, 0) is 0 Å². The van der Waals surface area contributed by atoms with Crippen molar-refractivity contribution in [1.29, 1.82) is 0 Å². The van der Waals surface area contributed by atoms with Gasteiger partial charge in [0.05, 0.1) is 6.34 Å². The maximum absolute atomic E-state index is 4.30. The molecule has 1 heterocycles. The van der Waals surface area contributed by atoms with Crippen LogP contribution in [0.15, 0.2) is 53.8 Å². The first kappa shape index (κ1) is 11.5. The number of aliphatic imine (C=N–C) groups is 1. The lowest BCUT2D eigenvalue weighted by Gasteiger charge is -2.20. The van der Waals surface area contributed by atoms with E-state index in [0.717, 1.165) is 5.70 Å². The average molecular weight is 203 g/mol. The third kappa shape index (κ3) is 3.56. The SMILES string of the molecule is C=C/C=C\C=C(/C)N1C=CC(NC)N=C1. The molecule has 1 unspecified atom stereocenters. The molecule has 0 aromatic carbocycles. The molecule has 80 valence electrons. The van der Waals surface area contributed by atoms with Crippen molar-refractivity contribution in [2.45, 2.75) is 13.1 Å². The van der Waals surface area contributed by atoms with E-state index < -0.39 is 0 Å². The summed E-state index contributed by atoms with van der Waals surface area (Å²) in [5.41, 5.74) is 1.11. The Balaban J connectivity index is 2.60. The zero-order chi connectivity index (χ0) is 11.1. The normalized spacial score (nSPS) is 21.3. The molecule has 1 aliphatic heterocycles. The molecule has 1 aliphatic rings. The second-order valence-corrected chi connectivity index (χ2v) is 3.18. The third-order valence-corrected chi connectivity index (χ3v) is 2.07. The maximum atomic E-state index is 4.30. The molecule has 1 rings (SSSR count). The van der Waals surface area contributed by atoms with Crippen molar-refractivity contribution in [1.82, 2.24) is 10.2 Å². The van der Waals surface area contributed by atoms with E-state index in [4.69, 9.17) is 0 Å². The molecule has 0 saturated heterocycles. The molecule has 0 aromatic rings. The van der Waals surface area contributed by atoms with Gasteiger partial charge in [0.1, 0.15) is 6.17 Å². The van der Waals surface area contributed by atoms with Crippen LogP contribution in [0.3, 0.4) is 0 Å². The van der Waals surface area contributed by atoms with Crippen molar-refractivity contribution in [3.05, 3.63) is 48.9 Å². The van der Waals surface area contributed by atoms with Gasteiger partial charge < -0.3 is 4.90 Å². The maximum Gasteiger partial charge on any atom is 0.121 e. The zero-order valence-corrected chi connectivity index (χ0v) is 9.22. The monoisotopic (exact) mass is 203 g/mol. The molecule has 0 fully saturated rings. The number of allylic oxidation sites excluding steroid dienone is 5. The van der Waals surface area contributed by atoms with Gasteiger partial charge in [-0.3, -0.25) is 10.3 Å². The topological polar surface area (TPSA) is 27.6 Å². The van der Waals surface area contributed by atoms with E-state index in [0.29, 0.717) is 0 Å². The van der Waals surface area contributed by atoms with Crippen molar-refractivity contribution < 1.29 is 0 Å². The van der Waals surface area contributed by atoms with E-state index >= 15 is 0 Å². The van der Waals surface area contributed by atoms with Crippen molar-refractivity contribution in [3.63, 3.8) is 0 Å². The van der Waals surface area contributed by atoms with Gasteiger partial charge in [0.2, 0.25) is 0 Å². The number of nitrogens with one attached hydrogen (secondary N) is 1. The lowest BCUT2D eigenvalue weighted by atomic mass is 10.3. The third-order valence-electron chi connectivity index (χ3n) is 2.07. The van der Waals surface area contributed by atoms with Crippen LogP contribution in [-0.4, -0.2) is 24.5 Å². The fourth-order valence-electron chi connectivity index (χ4n) is 1.14. The standard InChI is InChI=1S/C12H17N3/c1-4-5-6-7-11(2)15-9-8-12(13-3)14-10-15/h4-10,12-13H,1H2,2-3H3/b6-5-,11-7+. The molecular formula is C12H17N3. The van der Waals surface area contributed by atoms with Crippen LogP contribution < -0.4 is 5.32 Å². The van der Waals surface area contributed by atoms with Crippen LogP contribution in [0.1, 0.15) is 6.92 Å². The number of rotatable bonds is 4. The molecule has 0 amide bonds. The smallest absolute Gasteiger partial charge is 0.121 e. The number of hydrogen-bond donors (Lipinski definition) is 1. The zero-order valence-electron chi connectivity index (χ0n) is 9.22. The van der Waals surface area contributed by atoms with Crippen LogP contribution in [0, 0.1) is 0 Å². The minimum Gasteiger partial charge on any atom is -0.312 e. The molecule has 1 atom stereocenters. The van der Waals surface area contributed by atoms with E-state index in [-0.39, 0.29) is 6.17 Å². The Labute approximate surface area is 91.2 Å². The molecule has 1 N–H and O–H groups in total. The van der Waals surface area contributed by atoms with Gasteiger partial charge >= 0.3 is 0 Å². The van der Waals surface area contributed by atoms with Crippen molar-refractivity contribution in [2.24, 2.45) is 4.99 Å². The highest BCUT2D eigenvalue weighted by molar-refractivity contribution is 5.61. The Hall–Kier alpha value is -1.61. The first-order valence-corrected chi connectivity index (χ1v) is 4.91. The van der Waals surface area contributed by atoms with Crippen LogP contribution in [0.2, 0.25) is 0 Å². The number of likely N-dealkylation sites (N-methyl/N-ethyl adjacent to an activating group) is 1. The first-order chi connectivity index (χ1) is 7.27. The fraction of sp³-hybridized carbons (Fsp3) is 0.250.